The molecule has 0 saturated heterocycles. The Hall–Kier alpha value is -3.49. The molecule has 3 atom stereocenters. The monoisotopic (exact) mass is 823 g/mol. The molecule has 326 valence electrons. The van der Waals surface area contributed by atoms with E-state index in [1.54, 1.807) is 13.8 Å². The van der Waals surface area contributed by atoms with E-state index >= 15 is 0 Å². The molecule has 13 nitrogen and oxygen atoms in total. The lowest BCUT2D eigenvalue weighted by molar-refractivity contribution is -0.173. The minimum Gasteiger partial charge on any atom is -0.462 e. The van der Waals surface area contributed by atoms with Crippen LogP contribution < -0.4 is 10.6 Å². The maximum Gasteiger partial charge on any atom is 0.407 e. The summed E-state index contributed by atoms with van der Waals surface area (Å²) in [7, 11) is -0.600. The number of rotatable bonds is 25. The van der Waals surface area contributed by atoms with Crippen molar-refractivity contribution in [1.29, 1.82) is 0 Å². The Kier molecular flexibility index (Phi) is 19.9. The van der Waals surface area contributed by atoms with Gasteiger partial charge < -0.3 is 39.1 Å². The summed E-state index contributed by atoms with van der Waals surface area (Å²) in [6.45, 7) is 33.7. The first-order valence-corrected chi connectivity index (χ1v) is 23.2. The molecule has 14 heteroatoms. The van der Waals surface area contributed by atoms with Crippen molar-refractivity contribution >= 4 is 38.7 Å². The quantitative estimate of drug-likeness (QED) is 0.0428. The van der Waals surface area contributed by atoms with Crippen LogP contribution in [0.25, 0.3) is 0 Å². The van der Waals surface area contributed by atoms with Gasteiger partial charge in [-0.25, -0.2) is 19.2 Å². The fourth-order valence-electron chi connectivity index (χ4n) is 7.02. The summed E-state index contributed by atoms with van der Waals surface area (Å²) in [5.41, 5.74) is -4.71. The lowest BCUT2D eigenvalue weighted by Gasteiger charge is -2.48. The second-order valence-corrected chi connectivity index (χ2v) is 22.4. The van der Waals surface area contributed by atoms with Crippen LogP contribution in [0.5, 0.6) is 0 Å². The molecule has 2 amide bonds. The van der Waals surface area contributed by atoms with Gasteiger partial charge in [0, 0.05) is 45.0 Å². The Morgan fingerprint density at radius 3 is 1.79 bits per heavy atom. The number of hydrogen-bond donors (Lipinski definition) is 2. The van der Waals surface area contributed by atoms with Gasteiger partial charge in [-0.2, -0.15) is 0 Å². The van der Waals surface area contributed by atoms with E-state index in [9.17, 15) is 24.0 Å². The van der Waals surface area contributed by atoms with Crippen molar-refractivity contribution in [3.63, 3.8) is 0 Å². The molecule has 1 aliphatic rings. The molecule has 1 fully saturated rings. The molecule has 1 rings (SSSR count). The van der Waals surface area contributed by atoms with Crippen LogP contribution in [0, 0.1) is 22.7 Å². The molecule has 3 unspecified atom stereocenters. The number of esters is 3. The zero-order valence-corrected chi connectivity index (χ0v) is 38.2. The van der Waals surface area contributed by atoms with E-state index in [0.717, 1.165) is 37.5 Å². The van der Waals surface area contributed by atoms with Crippen molar-refractivity contribution in [2.45, 2.75) is 143 Å². The number of carbonyl (C=O) groups excluding carboxylic acids is 5. The summed E-state index contributed by atoms with van der Waals surface area (Å²) in [6, 6.07) is 1.29. The molecule has 1 aliphatic carbocycles. The zero-order valence-electron chi connectivity index (χ0n) is 37.1. The minimum atomic E-state index is -1.45. The number of hydrogen-bond acceptors (Lipinski definition) is 11. The van der Waals surface area contributed by atoms with Crippen molar-refractivity contribution in [2.75, 3.05) is 39.6 Å². The van der Waals surface area contributed by atoms with Gasteiger partial charge in [0.15, 0.2) is 0 Å². The first-order valence-electron chi connectivity index (χ1n) is 20.1. The second-order valence-electron chi connectivity index (χ2n) is 19.0. The van der Waals surface area contributed by atoms with Crippen LogP contribution in [-0.4, -0.2) is 101 Å². The summed E-state index contributed by atoms with van der Waals surface area (Å²) in [4.78, 5) is 63.2. The van der Waals surface area contributed by atoms with Crippen LogP contribution >= 0.6 is 0 Å². The highest BCUT2D eigenvalue weighted by Crippen LogP contribution is 2.44. The third-order valence-electron chi connectivity index (χ3n) is 10.6. The fourth-order valence-corrected chi connectivity index (χ4v) is 8.04. The zero-order chi connectivity index (χ0) is 43.9. The first-order chi connectivity index (χ1) is 26.1. The standard InChI is InChI=1S/C43H74N2O11Si/c1-16-33(46)51-27-43(28-52-34(47)17-2,29-53-35(48)18-3)30-55-41(11,12)36(49)45-42(13)23-32(22-38(5,6)26-42)24-44-37(50)56-40(9,10)31(4)25-54-39(7,8)20-19-21-57(14)15/h16-18,31-32,57H,1-3,19-30H2,4-15H3,(H,44,50)(H,45,49). The molecule has 1 saturated carbocycles. The van der Waals surface area contributed by atoms with E-state index in [1.165, 1.54) is 6.04 Å². The minimum absolute atomic E-state index is 0.0282. The Labute approximate surface area is 344 Å². The van der Waals surface area contributed by atoms with E-state index < -0.39 is 80.7 Å². The number of alkyl carbamates (subject to hydrolysis) is 1. The maximum atomic E-state index is 14.0. The highest BCUT2D eigenvalue weighted by Gasteiger charge is 2.46. The van der Waals surface area contributed by atoms with Gasteiger partial charge >= 0.3 is 24.0 Å². The third-order valence-corrected chi connectivity index (χ3v) is 12.1. The van der Waals surface area contributed by atoms with E-state index in [-0.39, 0.29) is 29.5 Å². The molecule has 2 N–H and O–H groups in total. The number of ether oxygens (including phenoxy) is 6. The van der Waals surface area contributed by atoms with Gasteiger partial charge in [0.25, 0.3) is 5.91 Å². The molecule has 0 radical (unpaired) electrons. The smallest absolute Gasteiger partial charge is 0.407 e. The molecule has 0 aromatic carbocycles. The third kappa shape index (κ3) is 19.2. The summed E-state index contributed by atoms with van der Waals surface area (Å²) in [5.74, 6) is -2.72. The predicted molar refractivity (Wildman–Crippen MR) is 224 cm³/mol. The van der Waals surface area contributed by atoms with Crippen LogP contribution in [-0.2, 0) is 47.6 Å². The van der Waals surface area contributed by atoms with E-state index in [1.807, 2.05) is 27.7 Å². The molecule has 0 aromatic rings. The van der Waals surface area contributed by atoms with Crippen LogP contribution in [0.15, 0.2) is 38.0 Å². The number of nitrogens with one attached hydrogen (secondary N) is 2. The summed E-state index contributed by atoms with van der Waals surface area (Å²) in [5, 5.41) is 6.19. The van der Waals surface area contributed by atoms with Crippen LogP contribution in [0.1, 0.15) is 101 Å². The second kappa shape index (κ2) is 22.0. The molecule has 0 bridgehead atoms. The van der Waals surface area contributed by atoms with Crippen molar-refractivity contribution in [3.05, 3.63) is 38.0 Å². The van der Waals surface area contributed by atoms with Crippen molar-refractivity contribution in [2.24, 2.45) is 22.7 Å². The Balaban J connectivity index is 3.01. The highest BCUT2D eigenvalue weighted by atomic mass is 28.3. The summed E-state index contributed by atoms with van der Waals surface area (Å²) >= 11 is 0. The fraction of sp³-hybridized carbons (Fsp3) is 0.744. The van der Waals surface area contributed by atoms with Crippen LogP contribution in [0.4, 0.5) is 4.79 Å². The van der Waals surface area contributed by atoms with Crippen LogP contribution in [0.3, 0.4) is 0 Å². The van der Waals surface area contributed by atoms with E-state index in [2.05, 4.69) is 71.2 Å². The average molecular weight is 823 g/mol. The molecular formula is C43H74N2O11Si. The molecule has 0 heterocycles. The Bertz CT molecular complexity index is 1350. The molecule has 0 spiro atoms. The number of amides is 2. The summed E-state index contributed by atoms with van der Waals surface area (Å²) in [6.07, 6.45) is 6.60. The van der Waals surface area contributed by atoms with E-state index in [4.69, 9.17) is 28.4 Å². The molecule has 57 heavy (non-hydrogen) atoms. The first kappa shape index (κ1) is 51.5. The van der Waals surface area contributed by atoms with Gasteiger partial charge in [-0.15, -0.1) is 0 Å². The molecule has 0 aliphatic heterocycles. The van der Waals surface area contributed by atoms with Crippen molar-refractivity contribution in [3.8, 4) is 0 Å². The maximum absolute atomic E-state index is 14.0. The van der Waals surface area contributed by atoms with Gasteiger partial charge in [0.2, 0.25) is 0 Å². The molecule has 0 aromatic heterocycles. The van der Waals surface area contributed by atoms with Gasteiger partial charge in [0.05, 0.1) is 24.2 Å². The van der Waals surface area contributed by atoms with Gasteiger partial charge in [-0.3, -0.25) is 4.79 Å². The van der Waals surface area contributed by atoms with Crippen molar-refractivity contribution < 1.29 is 52.4 Å². The van der Waals surface area contributed by atoms with Crippen molar-refractivity contribution in [1.82, 2.24) is 10.6 Å². The Morgan fingerprint density at radius 2 is 1.32 bits per heavy atom. The molecular weight excluding hydrogens is 749 g/mol. The largest absolute Gasteiger partial charge is 0.462 e. The van der Waals surface area contributed by atoms with Gasteiger partial charge in [-0.1, -0.05) is 66.1 Å². The predicted octanol–water partition coefficient (Wildman–Crippen LogP) is 6.86. The number of carbonyl (C=O) groups is 5. The lowest BCUT2D eigenvalue weighted by Crippen LogP contribution is -2.59. The average Bonchev–Trinajstić information content (AvgIpc) is 3.10. The highest BCUT2D eigenvalue weighted by molar-refractivity contribution is 6.55. The van der Waals surface area contributed by atoms with E-state index in [0.29, 0.717) is 26.0 Å². The van der Waals surface area contributed by atoms with Gasteiger partial charge in [-0.05, 0) is 85.5 Å². The normalized spacial score (nSPS) is 19.1. The SMILES string of the molecule is C=CC(=O)OCC(COC(=O)C=C)(COC(=O)C=C)COC(C)(C)C(=O)NC1(C)CC(CNC(=O)OC(C)(C)C(C)COC(C)(C)CCC[SiH](C)C)CC(C)(C)C1. The Morgan fingerprint density at radius 1 is 0.807 bits per heavy atom. The van der Waals surface area contributed by atoms with Gasteiger partial charge in [0.1, 0.15) is 31.0 Å². The topological polar surface area (TPSA) is 165 Å². The summed E-state index contributed by atoms with van der Waals surface area (Å²) < 4.78 is 34.3. The van der Waals surface area contributed by atoms with Crippen LogP contribution in [0.2, 0.25) is 19.1 Å². The lowest BCUT2D eigenvalue weighted by atomic mass is 9.64.